The Morgan fingerprint density at radius 1 is 1.11 bits per heavy atom. The molecule has 0 aliphatic heterocycles. The molecule has 1 aromatic carbocycles. The van der Waals surface area contributed by atoms with Crippen LogP contribution in [0, 0.1) is 0 Å². The third-order valence-corrected chi connectivity index (χ3v) is 3.86. The lowest BCUT2D eigenvalue weighted by Crippen LogP contribution is -2.32. The molecule has 28 heavy (non-hydrogen) atoms. The topological polar surface area (TPSA) is 107 Å². The second-order valence-corrected chi connectivity index (χ2v) is 5.68. The molecular weight excluding hydrogens is 362 g/mol. The van der Waals surface area contributed by atoms with Crippen LogP contribution >= 0.6 is 0 Å². The largest absolute Gasteiger partial charge is 0.493 e. The van der Waals surface area contributed by atoms with Crippen molar-refractivity contribution in [2.75, 3.05) is 26.1 Å². The number of carbonyl (C=O) groups is 2. The zero-order chi connectivity index (χ0) is 19.9. The van der Waals surface area contributed by atoms with E-state index in [0.29, 0.717) is 28.6 Å². The lowest BCUT2D eigenvalue weighted by Gasteiger charge is -2.10. The molecule has 0 fully saturated rings. The molecule has 144 valence electrons. The fourth-order valence-corrected chi connectivity index (χ4v) is 2.45. The number of aromatic nitrogens is 3. The maximum Gasteiger partial charge on any atom is 0.251 e. The Labute approximate surface area is 161 Å². The number of carbonyl (C=O) groups excluding carboxylic acids is 2. The molecule has 0 saturated carbocycles. The Bertz CT molecular complexity index is 955. The van der Waals surface area contributed by atoms with E-state index in [2.05, 4.69) is 20.6 Å². The number of anilines is 1. The fraction of sp³-hybridized carbons (Fsp3) is 0.158. The predicted molar refractivity (Wildman–Crippen MR) is 102 cm³/mol. The SMILES string of the molecule is COc1ccc(C(=O)NCC(=O)Nc2ccc(-n3ccnc3)nc2)cc1OC. The lowest BCUT2D eigenvalue weighted by molar-refractivity contribution is -0.115. The van der Waals surface area contributed by atoms with E-state index in [1.165, 1.54) is 20.4 Å². The van der Waals surface area contributed by atoms with Gasteiger partial charge in [0.05, 0.1) is 32.6 Å². The molecule has 0 spiro atoms. The minimum atomic E-state index is -0.398. The highest BCUT2D eigenvalue weighted by Gasteiger charge is 2.12. The van der Waals surface area contributed by atoms with Crippen LogP contribution in [0.25, 0.3) is 5.82 Å². The highest BCUT2D eigenvalue weighted by molar-refractivity contribution is 5.99. The first-order chi connectivity index (χ1) is 13.6. The lowest BCUT2D eigenvalue weighted by atomic mass is 10.2. The van der Waals surface area contributed by atoms with Crippen molar-refractivity contribution >= 4 is 17.5 Å². The monoisotopic (exact) mass is 381 g/mol. The Morgan fingerprint density at radius 2 is 1.93 bits per heavy atom. The van der Waals surface area contributed by atoms with Crippen LogP contribution in [0.15, 0.2) is 55.2 Å². The number of methoxy groups -OCH3 is 2. The predicted octanol–water partition coefficient (Wildman–Crippen LogP) is 1.65. The first kappa shape index (κ1) is 18.9. The summed E-state index contributed by atoms with van der Waals surface area (Å²) in [6.07, 6.45) is 6.58. The minimum Gasteiger partial charge on any atom is -0.493 e. The molecule has 2 N–H and O–H groups in total. The van der Waals surface area contributed by atoms with Crippen molar-refractivity contribution in [2.45, 2.75) is 0 Å². The van der Waals surface area contributed by atoms with Crippen LogP contribution < -0.4 is 20.1 Å². The summed E-state index contributed by atoms with van der Waals surface area (Å²) in [5.74, 6) is 0.861. The molecule has 2 heterocycles. The average Bonchev–Trinajstić information content (AvgIpc) is 3.27. The number of ether oxygens (including phenoxy) is 2. The normalized spacial score (nSPS) is 10.2. The van der Waals surface area contributed by atoms with Gasteiger partial charge in [-0.15, -0.1) is 0 Å². The number of rotatable bonds is 7. The molecule has 0 bridgehead atoms. The van der Waals surface area contributed by atoms with E-state index in [1.807, 2.05) is 0 Å². The number of nitrogens with one attached hydrogen (secondary N) is 2. The first-order valence-electron chi connectivity index (χ1n) is 8.35. The molecule has 3 aromatic rings. The van der Waals surface area contributed by atoms with E-state index in [1.54, 1.807) is 53.6 Å². The number of imidazole rings is 1. The molecule has 9 nitrogen and oxygen atoms in total. The average molecular weight is 381 g/mol. The highest BCUT2D eigenvalue weighted by atomic mass is 16.5. The Balaban J connectivity index is 1.54. The highest BCUT2D eigenvalue weighted by Crippen LogP contribution is 2.27. The van der Waals surface area contributed by atoms with Crippen LogP contribution in [0.4, 0.5) is 5.69 Å². The molecule has 0 saturated heterocycles. The summed E-state index contributed by atoms with van der Waals surface area (Å²) < 4.78 is 12.1. The Hall–Kier alpha value is -3.88. The van der Waals surface area contributed by atoms with E-state index >= 15 is 0 Å². The van der Waals surface area contributed by atoms with Gasteiger partial charge in [-0.1, -0.05) is 0 Å². The number of hydrogen-bond donors (Lipinski definition) is 2. The van der Waals surface area contributed by atoms with E-state index < -0.39 is 5.91 Å². The van der Waals surface area contributed by atoms with Crippen LogP contribution in [0.1, 0.15) is 10.4 Å². The van der Waals surface area contributed by atoms with E-state index in [-0.39, 0.29) is 12.5 Å². The molecule has 2 amide bonds. The number of pyridine rings is 1. The summed E-state index contributed by atoms with van der Waals surface area (Å²) in [5, 5.41) is 5.24. The molecule has 0 radical (unpaired) electrons. The van der Waals surface area contributed by atoms with Crippen molar-refractivity contribution in [2.24, 2.45) is 0 Å². The van der Waals surface area contributed by atoms with E-state index in [4.69, 9.17) is 9.47 Å². The minimum absolute atomic E-state index is 0.184. The van der Waals surface area contributed by atoms with Crippen molar-refractivity contribution in [3.8, 4) is 17.3 Å². The molecule has 0 aliphatic rings. The molecular formula is C19H19N5O4. The van der Waals surface area contributed by atoms with Crippen molar-refractivity contribution in [3.63, 3.8) is 0 Å². The maximum absolute atomic E-state index is 12.2. The van der Waals surface area contributed by atoms with Gasteiger partial charge in [0.2, 0.25) is 5.91 Å². The summed E-state index contributed by atoms with van der Waals surface area (Å²) in [6.45, 7) is -0.184. The van der Waals surface area contributed by atoms with Crippen molar-refractivity contribution in [3.05, 3.63) is 60.8 Å². The zero-order valence-electron chi connectivity index (χ0n) is 15.4. The van der Waals surface area contributed by atoms with Gasteiger partial charge in [-0.2, -0.15) is 0 Å². The van der Waals surface area contributed by atoms with Gasteiger partial charge in [0.15, 0.2) is 11.5 Å². The molecule has 2 aromatic heterocycles. The Morgan fingerprint density at radius 3 is 2.57 bits per heavy atom. The number of amides is 2. The zero-order valence-corrected chi connectivity index (χ0v) is 15.4. The standard InChI is InChI=1S/C19H19N5O4/c1-27-15-5-3-13(9-16(15)28-2)19(26)22-11-18(25)23-14-4-6-17(21-10-14)24-8-7-20-12-24/h3-10,12H,11H2,1-2H3,(H,22,26)(H,23,25). The molecule has 3 rings (SSSR count). The third-order valence-electron chi connectivity index (χ3n) is 3.86. The second-order valence-electron chi connectivity index (χ2n) is 5.68. The van der Waals surface area contributed by atoms with Crippen LogP contribution in [0.3, 0.4) is 0 Å². The number of nitrogens with zero attached hydrogens (tertiary/aromatic N) is 3. The van der Waals surface area contributed by atoms with Crippen molar-refractivity contribution in [1.82, 2.24) is 19.9 Å². The summed E-state index contributed by atoms with van der Waals surface area (Å²) >= 11 is 0. The molecule has 0 atom stereocenters. The molecule has 0 unspecified atom stereocenters. The third kappa shape index (κ3) is 4.44. The van der Waals surface area contributed by atoms with Gasteiger partial charge in [0.1, 0.15) is 12.1 Å². The summed E-state index contributed by atoms with van der Waals surface area (Å²) in [7, 11) is 3.00. The Kier molecular flexibility index (Phi) is 5.85. The summed E-state index contributed by atoms with van der Waals surface area (Å²) in [5.41, 5.74) is 0.881. The van der Waals surface area contributed by atoms with Crippen LogP contribution in [0.5, 0.6) is 11.5 Å². The van der Waals surface area contributed by atoms with Crippen LogP contribution in [-0.2, 0) is 4.79 Å². The first-order valence-corrected chi connectivity index (χ1v) is 8.35. The van der Waals surface area contributed by atoms with Gasteiger partial charge in [0.25, 0.3) is 5.91 Å². The van der Waals surface area contributed by atoms with Crippen LogP contribution in [-0.4, -0.2) is 47.1 Å². The van der Waals surface area contributed by atoms with E-state index in [0.717, 1.165) is 0 Å². The van der Waals surface area contributed by atoms with Gasteiger partial charge >= 0.3 is 0 Å². The fourth-order valence-electron chi connectivity index (χ4n) is 2.45. The van der Waals surface area contributed by atoms with Gasteiger partial charge < -0.3 is 20.1 Å². The van der Waals surface area contributed by atoms with E-state index in [9.17, 15) is 9.59 Å². The quantitative estimate of drug-likeness (QED) is 0.644. The number of hydrogen-bond acceptors (Lipinski definition) is 6. The molecule has 9 heteroatoms. The smallest absolute Gasteiger partial charge is 0.251 e. The summed E-state index contributed by atoms with van der Waals surface area (Å²) in [6, 6.07) is 8.23. The van der Waals surface area contributed by atoms with Gasteiger partial charge in [-0.05, 0) is 30.3 Å². The van der Waals surface area contributed by atoms with Crippen LogP contribution in [0.2, 0.25) is 0 Å². The van der Waals surface area contributed by atoms with Crippen molar-refractivity contribution in [1.29, 1.82) is 0 Å². The second kappa shape index (κ2) is 8.67. The van der Waals surface area contributed by atoms with Gasteiger partial charge in [0, 0.05) is 18.0 Å². The summed E-state index contributed by atoms with van der Waals surface area (Å²) in [4.78, 5) is 32.5. The maximum atomic E-state index is 12.2. The number of benzene rings is 1. The van der Waals surface area contributed by atoms with Gasteiger partial charge in [-0.3, -0.25) is 14.2 Å². The molecule has 0 aliphatic carbocycles. The van der Waals surface area contributed by atoms with Crippen molar-refractivity contribution < 1.29 is 19.1 Å². The van der Waals surface area contributed by atoms with Gasteiger partial charge in [-0.25, -0.2) is 9.97 Å².